The van der Waals surface area contributed by atoms with Crippen LogP contribution in [0.5, 0.6) is 0 Å². The number of carboxylic acid groups (broad SMARTS) is 1. The van der Waals surface area contributed by atoms with Gasteiger partial charge in [0.25, 0.3) is 0 Å². The van der Waals surface area contributed by atoms with Gasteiger partial charge in [-0.2, -0.15) is 0 Å². The van der Waals surface area contributed by atoms with Gasteiger partial charge in [0.05, 0.1) is 6.20 Å². The van der Waals surface area contributed by atoms with Gasteiger partial charge in [-0.05, 0) is 18.1 Å². The molecule has 4 nitrogen and oxygen atoms in total. The van der Waals surface area contributed by atoms with E-state index in [0.29, 0.717) is 5.76 Å². The number of hydrogen-bond donors (Lipinski definition) is 1. The molecule has 2 aromatic rings. The molecule has 1 aromatic heterocycles. The maximum Gasteiger partial charge on any atom is 0.311 e. The van der Waals surface area contributed by atoms with Gasteiger partial charge in [-0.3, -0.25) is 4.79 Å². The van der Waals surface area contributed by atoms with Gasteiger partial charge in [0, 0.05) is 5.56 Å². The lowest BCUT2D eigenvalue weighted by Crippen LogP contribution is -2.00. The summed E-state index contributed by atoms with van der Waals surface area (Å²) in [6, 6.07) is 7.73. The van der Waals surface area contributed by atoms with Crippen LogP contribution in [-0.4, -0.2) is 16.2 Å². The molecular weight excluding hydrogens is 206 g/mol. The van der Waals surface area contributed by atoms with E-state index in [9.17, 15) is 4.79 Å². The Morgan fingerprint density at radius 1 is 1.38 bits per heavy atom. The number of rotatable bonds is 3. The van der Waals surface area contributed by atoms with Crippen molar-refractivity contribution in [2.75, 3.05) is 0 Å². The first-order valence-corrected chi connectivity index (χ1v) is 4.90. The molecule has 0 spiro atoms. The molecule has 0 saturated heterocycles. The second-order valence-corrected chi connectivity index (χ2v) is 3.55. The summed E-state index contributed by atoms with van der Waals surface area (Å²) in [7, 11) is 0. The minimum atomic E-state index is -0.924. The van der Waals surface area contributed by atoms with Crippen LogP contribution >= 0.6 is 0 Å². The molecule has 0 bridgehead atoms. The van der Waals surface area contributed by atoms with Crippen molar-refractivity contribution in [3.05, 3.63) is 41.8 Å². The molecule has 0 aliphatic heterocycles. The fourth-order valence-corrected chi connectivity index (χ4v) is 1.62. The molecule has 0 aliphatic carbocycles. The van der Waals surface area contributed by atoms with Crippen LogP contribution in [-0.2, 0) is 11.2 Å². The van der Waals surface area contributed by atoms with Crippen LogP contribution < -0.4 is 0 Å². The van der Waals surface area contributed by atoms with Crippen LogP contribution in [0.3, 0.4) is 0 Å². The third kappa shape index (κ3) is 1.95. The SMILES string of the molecule is Cc1ccccc1-c1cnoc1CC(=O)O. The first-order valence-electron chi connectivity index (χ1n) is 4.90. The van der Waals surface area contributed by atoms with Gasteiger partial charge in [0.15, 0.2) is 5.76 Å². The third-order valence-electron chi connectivity index (χ3n) is 2.39. The maximum atomic E-state index is 10.6. The van der Waals surface area contributed by atoms with E-state index in [0.717, 1.165) is 16.7 Å². The van der Waals surface area contributed by atoms with Gasteiger partial charge < -0.3 is 9.63 Å². The number of carbonyl (C=O) groups is 1. The Bertz CT molecular complexity index is 516. The highest BCUT2D eigenvalue weighted by Gasteiger charge is 2.14. The van der Waals surface area contributed by atoms with Crippen molar-refractivity contribution in [1.82, 2.24) is 5.16 Å². The zero-order chi connectivity index (χ0) is 11.5. The van der Waals surface area contributed by atoms with Gasteiger partial charge in [-0.15, -0.1) is 0 Å². The zero-order valence-electron chi connectivity index (χ0n) is 8.80. The van der Waals surface area contributed by atoms with E-state index in [1.54, 1.807) is 6.20 Å². The summed E-state index contributed by atoms with van der Waals surface area (Å²) in [5, 5.41) is 12.4. The number of nitrogens with zero attached hydrogens (tertiary/aromatic N) is 1. The van der Waals surface area contributed by atoms with E-state index in [1.165, 1.54) is 0 Å². The summed E-state index contributed by atoms with van der Waals surface area (Å²) >= 11 is 0. The molecular formula is C12H11NO3. The van der Waals surface area contributed by atoms with Crippen molar-refractivity contribution in [2.45, 2.75) is 13.3 Å². The number of aliphatic carboxylic acids is 1. The summed E-state index contributed by atoms with van der Waals surface area (Å²) in [5.41, 5.74) is 2.78. The van der Waals surface area contributed by atoms with Crippen LogP contribution in [0.2, 0.25) is 0 Å². The van der Waals surface area contributed by atoms with E-state index in [4.69, 9.17) is 9.63 Å². The first kappa shape index (κ1) is 10.4. The molecule has 0 atom stereocenters. The minimum Gasteiger partial charge on any atom is -0.481 e. The van der Waals surface area contributed by atoms with E-state index in [-0.39, 0.29) is 6.42 Å². The summed E-state index contributed by atoms with van der Waals surface area (Å²) < 4.78 is 4.95. The number of hydrogen-bond acceptors (Lipinski definition) is 3. The van der Waals surface area contributed by atoms with Crippen molar-refractivity contribution in [1.29, 1.82) is 0 Å². The standard InChI is InChI=1S/C12H11NO3/c1-8-4-2-3-5-9(8)10-7-13-16-11(10)6-12(14)15/h2-5,7H,6H2,1H3,(H,14,15). The second kappa shape index (κ2) is 4.18. The number of aromatic nitrogens is 1. The summed E-state index contributed by atoms with van der Waals surface area (Å²) in [5.74, 6) is -0.534. The number of aryl methyl sites for hydroxylation is 1. The van der Waals surface area contributed by atoms with Crippen LogP contribution in [0, 0.1) is 6.92 Å². The molecule has 16 heavy (non-hydrogen) atoms. The monoisotopic (exact) mass is 217 g/mol. The highest BCUT2D eigenvalue weighted by molar-refractivity contribution is 5.75. The molecule has 0 radical (unpaired) electrons. The van der Waals surface area contributed by atoms with E-state index in [2.05, 4.69) is 5.16 Å². The highest BCUT2D eigenvalue weighted by Crippen LogP contribution is 2.26. The lowest BCUT2D eigenvalue weighted by molar-refractivity contribution is -0.136. The van der Waals surface area contributed by atoms with Crippen molar-refractivity contribution >= 4 is 5.97 Å². The molecule has 2 rings (SSSR count). The van der Waals surface area contributed by atoms with Crippen LogP contribution in [0.25, 0.3) is 11.1 Å². The van der Waals surface area contributed by atoms with Crippen LogP contribution in [0.15, 0.2) is 35.0 Å². The Labute approximate surface area is 92.5 Å². The Morgan fingerprint density at radius 2 is 2.12 bits per heavy atom. The van der Waals surface area contributed by atoms with Crippen molar-refractivity contribution in [2.24, 2.45) is 0 Å². The molecule has 82 valence electrons. The quantitative estimate of drug-likeness (QED) is 0.856. The van der Waals surface area contributed by atoms with Gasteiger partial charge in [0.1, 0.15) is 6.42 Å². The minimum absolute atomic E-state index is 0.149. The van der Waals surface area contributed by atoms with Gasteiger partial charge in [0.2, 0.25) is 0 Å². The first-order chi connectivity index (χ1) is 7.68. The summed E-state index contributed by atoms with van der Waals surface area (Å²) in [6.45, 7) is 1.97. The molecule has 0 fully saturated rings. The highest BCUT2D eigenvalue weighted by atomic mass is 16.5. The maximum absolute atomic E-state index is 10.6. The zero-order valence-corrected chi connectivity index (χ0v) is 8.80. The normalized spacial score (nSPS) is 10.3. The Morgan fingerprint density at radius 3 is 2.81 bits per heavy atom. The fourth-order valence-electron chi connectivity index (χ4n) is 1.62. The largest absolute Gasteiger partial charge is 0.481 e. The predicted molar refractivity (Wildman–Crippen MR) is 58.0 cm³/mol. The topological polar surface area (TPSA) is 63.3 Å². The molecule has 0 amide bonds. The second-order valence-electron chi connectivity index (χ2n) is 3.55. The summed E-state index contributed by atoms with van der Waals surface area (Å²) in [6.07, 6.45) is 1.41. The molecule has 0 saturated carbocycles. The van der Waals surface area contributed by atoms with Crippen molar-refractivity contribution < 1.29 is 14.4 Å². The van der Waals surface area contributed by atoms with E-state index in [1.807, 2.05) is 31.2 Å². The van der Waals surface area contributed by atoms with E-state index >= 15 is 0 Å². The third-order valence-corrected chi connectivity index (χ3v) is 2.39. The van der Waals surface area contributed by atoms with Crippen molar-refractivity contribution in [3.8, 4) is 11.1 Å². The lowest BCUT2D eigenvalue weighted by Gasteiger charge is -2.03. The molecule has 1 N–H and O–H groups in total. The van der Waals surface area contributed by atoms with E-state index < -0.39 is 5.97 Å². The average molecular weight is 217 g/mol. The fraction of sp³-hybridized carbons (Fsp3) is 0.167. The van der Waals surface area contributed by atoms with Gasteiger partial charge in [-0.1, -0.05) is 29.4 Å². The van der Waals surface area contributed by atoms with Gasteiger partial charge in [-0.25, -0.2) is 0 Å². The van der Waals surface area contributed by atoms with Gasteiger partial charge >= 0.3 is 5.97 Å². The Hall–Kier alpha value is -2.10. The smallest absolute Gasteiger partial charge is 0.311 e. The molecule has 1 aromatic carbocycles. The lowest BCUT2D eigenvalue weighted by atomic mass is 10.0. The van der Waals surface area contributed by atoms with Crippen molar-refractivity contribution in [3.63, 3.8) is 0 Å². The predicted octanol–water partition coefficient (Wildman–Crippen LogP) is 2.28. The Kier molecular flexibility index (Phi) is 2.72. The molecule has 0 unspecified atom stereocenters. The molecule has 4 heteroatoms. The van der Waals surface area contributed by atoms with Crippen LogP contribution in [0.1, 0.15) is 11.3 Å². The number of benzene rings is 1. The van der Waals surface area contributed by atoms with Crippen LogP contribution in [0.4, 0.5) is 0 Å². The Balaban J connectivity index is 2.45. The molecule has 1 heterocycles. The average Bonchev–Trinajstić information content (AvgIpc) is 2.66. The number of carboxylic acids is 1. The summed E-state index contributed by atoms with van der Waals surface area (Å²) in [4.78, 5) is 10.6. The molecule has 0 aliphatic rings.